The van der Waals surface area contributed by atoms with Crippen molar-refractivity contribution < 1.29 is 9.66 Å². The molecule has 138 valence electrons. The fraction of sp³-hybridized carbons (Fsp3) is 0.684. The number of hydrogen-bond donors (Lipinski definition) is 1. The number of benzene rings is 1. The van der Waals surface area contributed by atoms with E-state index < -0.39 is 0 Å². The van der Waals surface area contributed by atoms with Crippen LogP contribution in [-0.2, 0) is 4.74 Å². The summed E-state index contributed by atoms with van der Waals surface area (Å²) in [5, 5.41) is 14.8. The third-order valence-electron chi connectivity index (χ3n) is 5.54. The number of nitrogens with one attached hydrogen (secondary N) is 1. The Labute approximate surface area is 149 Å². The number of hydrogen-bond acceptors (Lipinski definition) is 5. The van der Waals surface area contributed by atoms with Gasteiger partial charge < -0.3 is 15.0 Å². The molecule has 0 spiro atoms. The van der Waals surface area contributed by atoms with E-state index >= 15 is 0 Å². The zero-order chi connectivity index (χ0) is 17.8. The normalized spacial score (nSPS) is 23.7. The van der Waals surface area contributed by atoms with E-state index in [9.17, 15) is 10.1 Å². The number of nitrogens with zero attached hydrogens (tertiary/aromatic N) is 2. The molecule has 6 nitrogen and oxygen atoms in total. The number of piperidine rings is 1. The Balaban J connectivity index is 1.49. The van der Waals surface area contributed by atoms with Crippen LogP contribution in [0.2, 0.25) is 0 Å². The summed E-state index contributed by atoms with van der Waals surface area (Å²) in [4.78, 5) is 13.4. The van der Waals surface area contributed by atoms with E-state index in [1.54, 1.807) is 13.0 Å². The van der Waals surface area contributed by atoms with Crippen LogP contribution in [0, 0.1) is 23.0 Å². The average molecular weight is 347 g/mol. The predicted molar refractivity (Wildman–Crippen MR) is 97.8 cm³/mol. The van der Waals surface area contributed by atoms with Gasteiger partial charge in [0.2, 0.25) is 0 Å². The summed E-state index contributed by atoms with van der Waals surface area (Å²) in [6, 6.07) is 6.15. The molecule has 3 rings (SSSR count). The Morgan fingerprint density at radius 3 is 2.76 bits per heavy atom. The van der Waals surface area contributed by atoms with Crippen LogP contribution in [0.3, 0.4) is 0 Å². The second-order valence-corrected chi connectivity index (χ2v) is 7.50. The fourth-order valence-corrected chi connectivity index (χ4v) is 3.92. The molecule has 1 N–H and O–H groups in total. The topological polar surface area (TPSA) is 67.6 Å². The quantitative estimate of drug-likeness (QED) is 0.633. The molecule has 0 unspecified atom stereocenters. The van der Waals surface area contributed by atoms with Gasteiger partial charge in [-0.15, -0.1) is 0 Å². The highest BCUT2D eigenvalue weighted by Crippen LogP contribution is 2.25. The number of rotatable bonds is 6. The summed E-state index contributed by atoms with van der Waals surface area (Å²) in [7, 11) is 0. The van der Waals surface area contributed by atoms with Gasteiger partial charge in [-0.1, -0.05) is 12.1 Å². The molecule has 2 atom stereocenters. The van der Waals surface area contributed by atoms with Gasteiger partial charge >= 0.3 is 0 Å². The van der Waals surface area contributed by atoms with E-state index in [2.05, 4.69) is 17.1 Å². The molecule has 0 amide bonds. The maximum Gasteiger partial charge on any atom is 0.272 e. The lowest BCUT2D eigenvalue weighted by atomic mass is 9.99. The van der Waals surface area contributed by atoms with Gasteiger partial charge in [-0.3, -0.25) is 10.1 Å². The smallest absolute Gasteiger partial charge is 0.272 e. The Kier molecular flexibility index (Phi) is 6.04. The van der Waals surface area contributed by atoms with Crippen LogP contribution in [0.1, 0.15) is 43.4 Å². The van der Waals surface area contributed by atoms with E-state index in [-0.39, 0.29) is 16.7 Å². The van der Waals surface area contributed by atoms with Gasteiger partial charge in [0.05, 0.1) is 11.5 Å². The maximum atomic E-state index is 11.1. The summed E-state index contributed by atoms with van der Waals surface area (Å²) in [6.45, 7) is 9.11. The highest BCUT2D eigenvalue weighted by molar-refractivity contribution is 5.43. The van der Waals surface area contributed by atoms with Crippen LogP contribution >= 0.6 is 0 Å². The van der Waals surface area contributed by atoms with Crippen molar-refractivity contribution in [2.75, 3.05) is 32.8 Å². The minimum atomic E-state index is -0.295. The molecule has 0 saturated carbocycles. The lowest BCUT2D eigenvalue weighted by Gasteiger charge is -2.35. The predicted octanol–water partition coefficient (Wildman–Crippen LogP) is 3.05. The van der Waals surface area contributed by atoms with Crippen LogP contribution in [0.15, 0.2) is 18.2 Å². The zero-order valence-electron chi connectivity index (χ0n) is 15.2. The Hall–Kier alpha value is -1.50. The first-order chi connectivity index (χ1) is 12.0. The number of likely N-dealkylation sites (tertiary alicyclic amines) is 1. The number of nitro benzene ring substituents is 1. The molecule has 1 aromatic rings. The third kappa shape index (κ3) is 4.77. The summed E-state index contributed by atoms with van der Waals surface area (Å²) >= 11 is 0. The second kappa shape index (κ2) is 8.25. The highest BCUT2D eigenvalue weighted by atomic mass is 16.6. The van der Waals surface area contributed by atoms with Crippen molar-refractivity contribution in [3.05, 3.63) is 39.4 Å². The summed E-state index contributed by atoms with van der Waals surface area (Å²) < 4.78 is 5.47. The molecular formula is C19H29N3O3. The first kappa shape index (κ1) is 18.3. The lowest BCUT2D eigenvalue weighted by molar-refractivity contribution is -0.385. The number of aryl methyl sites for hydroxylation is 1. The summed E-state index contributed by atoms with van der Waals surface area (Å²) in [6.07, 6.45) is 3.46. The molecule has 2 aliphatic heterocycles. The minimum absolute atomic E-state index is 0.124. The molecule has 2 fully saturated rings. The Bertz CT molecular complexity index is 594. The second-order valence-electron chi connectivity index (χ2n) is 7.50. The fourth-order valence-electron chi connectivity index (χ4n) is 3.92. The van der Waals surface area contributed by atoms with E-state index in [4.69, 9.17) is 4.74 Å². The van der Waals surface area contributed by atoms with Crippen LogP contribution in [0.25, 0.3) is 0 Å². The SMILES string of the molecule is Cc1ccc([C@@H](C)NC2CCN(C[C@H]3CCOC3)CC2)cc1[N+](=O)[O-]. The van der Waals surface area contributed by atoms with Crippen molar-refractivity contribution in [2.24, 2.45) is 5.92 Å². The van der Waals surface area contributed by atoms with Gasteiger partial charge in [-0.05, 0) is 57.7 Å². The van der Waals surface area contributed by atoms with Crippen molar-refractivity contribution in [3.8, 4) is 0 Å². The van der Waals surface area contributed by atoms with Gasteiger partial charge in [-0.25, -0.2) is 0 Å². The molecule has 2 saturated heterocycles. The molecular weight excluding hydrogens is 318 g/mol. The summed E-state index contributed by atoms with van der Waals surface area (Å²) in [5.41, 5.74) is 1.91. The molecule has 0 bridgehead atoms. The molecule has 1 aromatic carbocycles. The molecule has 0 aliphatic carbocycles. The molecule has 0 aromatic heterocycles. The number of ether oxygens (including phenoxy) is 1. The molecule has 25 heavy (non-hydrogen) atoms. The average Bonchev–Trinajstić information content (AvgIpc) is 3.09. The standard InChI is InChI=1S/C19H29N3O3/c1-14-3-4-17(11-19(14)22(23)24)15(2)20-18-5-8-21(9-6-18)12-16-7-10-25-13-16/h3-4,11,15-16,18,20H,5-10,12-13H2,1-2H3/t15-,16-/m1/s1. The highest BCUT2D eigenvalue weighted by Gasteiger charge is 2.25. The van der Waals surface area contributed by atoms with E-state index in [1.807, 2.05) is 12.1 Å². The van der Waals surface area contributed by atoms with E-state index in [0.29, 0.717) is 17.5 Å². The largest absolute Gasteiger partial charge is 0.381 e. The van der Waals surface area contributed by atoms with Crippen molar-refractivity contribution in [1.29, 1.82) is 0 Å². The third-order valence-corrected chi connectivity index (χ3v) is 5.54. The zero-order valence-corrected chi connectivity index (χ0v) is 15.2. The van der Waals surface area contributed by atoms with Crippen molar-refractivity contribution in [2.45, 2.75) is 45.2 Å². The van der Waals surface area contributed by atoms with Gasteiger partial charge in [0.25, 0.3) is 5.69 Å². The Morgan fingerprint density at radius 1 is 1.36 bits per heavy atom. The van der Waals surface area contributed by atoms with Crippen LogP contribution in [-0.4, -0.2) is 48.7 Å². The van der Waals surface area contributed by atoms with E-state index in [0.717, 1.165) is 51.3 Å². The number of nitro groups is 1. The summed E-state index contributed by atoms with van der Waals surface area (Å²) in [5.74, 6) is 0.705. The molecule has 0 radical (unpaired) electrons. The first-order valence-electron chi connectivity index (χ1n) is 9.34. The first-order valence-corrected chi connectivity index (χ1v) is 9.34. The minimum Gasteiger partial charge on any atom is -0.381 e. The van der Waals surface area contributed by atoms with Crippen LogP contribution in [0.4, 0.5) is 5.69 Å². The monoisotopic (exact) mass is 347 g/mol. The van der Waals surface area contributed by atoms with Gasteiger partial charge in [0.15, 0.2) is 0 Å². The molecule has 2 heterocycles. The van der Waals surface area contributed by atoms with Crippen LogP contribution < -0.4 is 5.32 Å². The van der Waals surface area contributed by atoms with Crippen LogP contribution in [0.5, 0.6) is 0 Å². The van der Waals surface area contributed by atoms with Crippen molar-refractivity contribution in [3.63, 3.8) is 0 Å². The lowest BCUT2D eigenvalue weighted by Crippen LogP contribution is -2.44. The van der Waals surface area contributed by atoms with Crippen molar-refractivity contribution >= 4 is 5.69 Å². The van der Waals surface area contributed by atoms with Gasteiger partial charge in [0, 0.05) is 36.9 Å². The Morgan fingerprint density at radius 2 is 2.12 bits per heavy atom. The van der Waals surface area contributed by atoms with Gasteiger partial charge in [0.1, 0.15) is 0 Å². The maximum absolute atomic E-state index is 11.1. The molecule has 6 heteroatoms. The van der Waals surface area contributed by atoms with E-state index in [1.165, 1.54) is 6.42 Å². The van der Waals surface area contributed by atoms with Crippen molar-refractivity contribution in [1.82, 2.24) is 10.2 Å². The van der Waals surface area contributed by atoms with Gasteiger partial charge in [-0.2, -0.15) is 0 Å². The molecule has 2 aliphatic rings.